The van der Waals surface area contributed by atoms with Gasteiger partial charge >= 0.3 is 6.18 Å². The normalized spacial score (nSPS) is 22.9. The molecule has 0 bridgehead atoms. The number of fused-ring (bicyclic) bond motifs is 2. The van der Waals surface area contributed by atoms with E-state index in [1.807, 2.05) is 0 Å². The molecule has 1 aliphatic rings. The number of hydrogen-bond acceptors (Lipinski definition) is 4. The van der Waals surface area contributed by atoms with Gasteiger partial charge in [0.25, 0.3) is 5.56 Å². The van der Waals surface area contributed by atoms with E-state index >= 15 is 0 Å². The second kappa shape index (κ2) is 6.90. The summed E-state index contributed by atoms with van der Waals surface area (Å²) in [4.78, 5) is 12.9. The van der Waals surface area contributed by atoms with E-state index in [9.17, 15) is 28.2 Å². The molecule has 1 heterocycles. The Morgan fingerprint density at radius 2 is 1.87 bits per heavy atom. The minimum Gasteiger partial charge on any atom is -0.506 e. The lowest BCUT2D eigenvalue weighted by molar-refractivity contribution is -0.276. The summed E-state index contributed by atoms with van der Waals surface area (Å²) in [7, 11) is 0. The van der Waals surface area contributed by atoms with Crippen LogP contribution >= 0.6 is 11.6 Å². The molecule has 0 spiro atoms. The predicted molar refractivity (Wildman–Crippen MR) is 112 cm³/mol. The maximum atomic E-state index is 14.2. The smallest absolute Gasteiger partial charge is 0.419 e. The van der Waals surface area contributed by atoms with Gasteiger partial charge in [-0.2, -0.15) is 13.2 Å². The first-order valence-corrected chi connectivity index (χ1v) is 9.92. The minimum atomic E-state index is -5.01. The van der Waals surface area contributed by atoms with Crippen LogP contribution in [0, 0.1) is 0 Å². The summed E-state index contributed by atoms with van der Waals surface area (Å²) >= 11 is 6.01. The third-order valence-corrected chi connectivity index (χ3v) is 6.22. The number of phenolic OH excluding ortho intramolecular Hbond substituents is 1. The molecule has 1 aromatic heterocycles. The van der Waals surface area contributed by atoms with Gasteiger partial charge in [0.2, 0.25) is 0 Å². The third-order valence-electron chi connectivity index (χ3n) is 5.92. The van der Waals surface area contributed by atoms with E-state index in [-0.39, 0.29) is 16.3 Å². The molecule has 4 rings (SSSR count). The first-order chi connectivity index (χ1) is 14.3. The minimum absolute atomic E-state index is 0.0546. The van der Waals surface area contributed by atoms with Gasteiger partial charge < -0.3 is 15.6 Å². The summed E-state index contributed by atoms with van der Waals surface area (Å²) in [6, 6.07) is 9.05. The fourth-order valence-corrected chi connectivity index (χ4v) is 4.57. The molecule has 0 saturated heterocycles. The number of nitrogens with one attached hydrogen (secondary N) is 1. The molecule has 0 saturated carbocycles. The SMILES string of the molecule is CC1(C)CC(O)(C(F)(F)F)C(Nn2ccc3ccccc3c2=O)c2cc(Cl)c(O)cc21. The average Bonchev–Trinajstić information content (AvgIpc) is 2.67. The van der Waals surface area contributed by atoms with E-state index in [0.717, 1.165) is 4.68 Å². The molecule has 5 nitrogen and oxygen atoms in total. The fraction of sp³-hybridized carbons (Fsp3) is 0.318. The Hall–Kier alpha value is -2.71. The molecule has 0 fully saturated rings. The van der Waals surface area contributed by atoms with Crippen LogP contribution in [0.15, 0.2) is 53.5 Å². The van der Waals surface area contributed by atoms with Crippen molar-refractivity contribution in [1.82, 2.24) is 4.68 Å². The van der Waals surface area contributed by atoms with Gasteiger partial charge in [0.1, 0.15) is 11.8 Å². The number of rotatable bonds is 2. The molecule has 2 unspecified atom stereocenters. The number of halogens is 4. The van der Waals surface area contributed by atoms with Gasteiger partial charge in [-0.1, -0.05) is 43.6 Å². The van der Waals surface area contributed by atoms with Crippen molar-refractivity contribution in [2.75, 3.05) is 5.43 Å². The van der Waals surface area contributed by atoms with Crippen LogP contribution < -0.4 is 11.0 Å². The molecule has 3 N–H and O–H groups in total. The molecule has 1 aliphatic carbocycles. The zero-order valence-electron chi connectivity index (χ0n) is 16.7. The number of benzene rings is 2. The van der Waals surface area contributed by atoms with E-state index in [1.54, 1.807) is 44.2 Å². The molecule has 164 valence electrons. The maximum absolute atomic E-state index is 14.2. The zero-order valence-corrected chi connectivity index (χ0v) is 17.4. The van der Waals surface area contributed by atoms with Gasteiger partial charge in [-0.15, -0.1) is 0 Å². The molecule has 3 aromatic rings. The number of hydrogen-bond donors (Lipinski definition) is 3. The molecular weight excluding hydrogens is 433 g/mol. The number of alkyl halides is 3. The largest absolute Gasteiger partial charge is 0.506 e. The second-order valence-electron chi connectivity index (χ2n) is 8.51. The third kappa shape index (κ3) is 3.34. The van der Waals surface area contributed by atoms with E-state index in [2.05, 4.69) is 5.43 Å². The number of aromatic hydroxyl groups is 1. The standard InChI is InChI=1S/C22H20ClF3N2O3/c1-20(2)11-21(31,22(24,25)26)18(14-9-16(23)17(29)10-15(14)20)27-28-8-7-12-5-3-4-6-13(12)19(28)30/h3-10,18,27,29,31H,11H2,1-2H3. The number of pyridine rings is 1. The highest BCUT2D eigenvalue weighted by molar-refractivity contribution is 6.32. The highest BCUT2D eigenvalue weighted by atomic mass is 35.5. The molecule has 0 amide bonds. The van der Waals surface area contributed by atoms with Crippen LogP contribution in [0.2, 0.25) is 5.02 Å². The Kier molecular flexibility index (Phi) is 4.79. The van der Waals surface area contributed by atoms with Gasteiger partial charge in [-0.25, -0.2) is 4.68 Å². The first kappa shape index (κ1) is 21.5. The lowest BCUT2D eigenvalue weighted by Gasteiger charge is -2.48. The van der Waals surface area contributed by atoms with Crippen LogP contribution in [0.4, 0.5) is 13.2 Å². The monoisotopic (exact) mass is 452 g/mol. The van der Waals surface area contributed by atoms with Crippen LogP contribution in [-0.2, 0) is 5.41 Å². The van der Waals surface area contributed by atoms with E-state index in [4.69, 9.17) is 11.6 Å². The lowest BCUT2D eigenvalue weighted by atomic mass is 9.63. The summed E-state index contributed by atoms with van der Waals surface area (Å²) in [6.07, 6.45) is -4.37. The van der Waals surface area contributed by atoms with Crippen molar-refractivity contribution in [3.05, 3.63) is 75.2 Å². The average molecular weight is 453 g/mol. The van der Waals surface area contributed by atoms with Gasteiger partial charge in [0.05, 0.1) is 5.02 Å². The van der Waals surface area contributed by atoms with Crippen LogP contribution in [-0.4, -0.2) is 26.7 Å². The molecule has 2 atom stereocenters. The summed E-state index contributed by atoms with van der Waals surface area (Å²) < 4.78 is 43.5. The number of aromatic nitrogens is 1. The van der Waals surface area contributed by atoms with Crippen molar-refractivity contribution in [2.45, 2.75) is 43.5 Å². The van der Waals surface area contributed by atoms with Crippen molar-refractivity contribution in [2.24, 2.45) is 0 Å². The Morgan fingerprint density at radius 1 is 1.19 bits per heavy atom. The second-order valence-corrected chi connectivity index (χ2v) is 8.92. The summed E-state index contributed by atoms with van der Waals surface area (Å²) in [5, 5.41) is 21.8. The van der Waals surface area contributed by atoms with Crippen molar-refractivity contribution < 1.29 is 23.4 Å². The molecule has 0 aliphatic heterocycles. The van der Waals surface area contributed by atoms with E-state index in [0.29, 0.717) is 16.3 Å². The Labute approximate surface area is 180 Å². The van der Waals surface area contributed by atoms with Crippen molar-refractivity contribution >= 4 is 22.4 Å². The first-order valence-electron chi connectivity index (χ1n) is 9.54. The number of nitrogens with zero attached hydrogens (tertiary/aromatic N) is 1. The van der Waals surface area contributed by atoms with Gasteiger partial charge in [0, 0.05) is 11.6 Å². The maximum Gasteiger partial charge on any atom is 0.419 e. The lowest BCUT2D eigenvalue weighted by Crippen LogP contribution is -2.60. The Morgan fingerprint density at radius 3 is 2.55 bits per heavy atom. The summed E-state index contributed by atoms with van der Waals surface area (Å²) in [6.45, 7) is 3.10. The summed E-state index contributed by atoms with van der Waals surface area (Å²) in [5.41, 5.74) is -1.86. The fourth-order valence-electron chi connectivity index (χ4n) is 4.40. The van der Waals surface area contributed by atoms with Crippen LogP contribution in [0.3, 0.4) is 0 Å². The van der Waals surface area contributed by atoms with E-state index < -0.39 is 35.2 Å². The highest BCUT2D eigenvalue weighted by Gasteiger charge is 2.64. The Balaban J connectivity index is 1.94. The van der Waals surface area contributed by atoms with Crippen molar-refractivity contribution in [1.29, 1.82) is 0 Å². The van der Waals surface area contributed by atoms with Gasteiger partial charge in [0.15, 0.2) is 5.60 Å². The Bertz CT molecular complexity index is 1240. The topological polar surface area (TPSA) is 74.5 Å². The van der Waals surface area contributed by atoms with Crippen LogP contribution in [0.25, 0.3) is 10.8 Å². The predicted octanol–water partition coefficient (Wildman–Crippen LogP) is 4.62. The van der Waals surface area contributed by atoms with Gasteiger partial charge in [-0.05, 0) is 52.6 Å². The molecular formula is C22H20ClF3N2O3. The van der Waals surface area contributed by atoms with Crippen LogP contribution in [0.5, 0.6) is 5.75 Å². The van der Waals surface area contributed by atoms with Crippen LogP contribution in [0.1, 0.15) is 37.4 Å². The van der Waals surface area contributed by atoms with Gasteiger partial charge in [-0.3, -0.25) is 4.79 Å². The van der Waals surface area contributed by atoms with E-state index in [1.165, 1.54) is 18.3 Å². The molecule has 2 aromatic carbocycles. The molecule has 31 heavy (non-hydrogen) atoms. The molecule has 9 heteroatoms. The summed E-state index contributed by atoms with van der Waals surface area (Å²) in [5.74, 6) is -0.271. The number of aliphatic hydroxyl groups is 1. The number of phenols is 1. The quantitative estimate of drug-likeness (QED) is 0.530. The molecule has 0 radical (unpaired) electrons. The highest BCUT2D eigenvalue weighted by Crippen LogP contribution is 2.54. The van der Waals surface area contributed by atoms with Crippen molar-refractivity contribution in [3.8, 4) is 5.75 Å². The zero-order chi connectivity index (χ0) is 22.8. The van der Waals surface area contributed by atoms with Crippen molar-refractivity contribution in [3.63, 3.8) is 0 Å².